The summed E-state index contributed by atoms with van der Waals surface area (Å²) in [5.74, 6) is 0.320. The zero-order valence-corrected chi connectivity index (χ0v) is 13.2. The molecule has 122 valence electrons. The molecule has 1 aromatic carbocycles. The summed E-state index contributed by atoms with van der Waals surface area (Å²) in [5, 5.41) is 7.49. The molecule has 0 saturated heterocycles. The monoisotopic (exact) mass is 330 g/mol. The van der Waals surface area contributed by atoms with Gasteiger partial charge in [0.1, 0.15) is 5.82 Å². The number of carbonyl (C=O) groups is 1. The van der Waals surface area contributed by atoms with Gasteiger partial charge in [0.25, 0.3) is 5.91 Å². The first-order valence-electron chi connectivity index (χ1n) is 7.71. The summed E-state index contributed by atoms with van der Waals surface area (Å²) in [5.41, 5.74) is 2.87. The SMILES string of the molecule is O=C(Nc1cc(-c2ccoc2)nn1-c1ccccc1)c1cccnc1. The molecule has 25 heavy (non-hydrogen) atoms. The Morgan fingerprint density at radius 1 is 1.08 bits per heavy atom. The Hall–Kier alpha value is -3.67. The third-order valence-electron chi connectivity index (χ3n) is 3.69. The average Bonchev–Trinajstić information content (AvgIpc) is 3.33. The predicted octanol–water partition coefficient (Wildman–Crippen LogP) is 3.78. The van der Waals surface area contributed by atoms with E-state index in [1.165, 1.54) is 6.20 Å². The first kappa shape index (κ1) is 14.9. The number of furan rings is 1. The van der Waals surface area contributed by atoms with E-state index in [0.29, 0.717) is 17.1 Å². The fourth-order valence-corrected chi connectivity index (χ4v) is 2.47. The maximum Gasteiger partial charge on any atom is 0.258 e. The van der Waals surface area contributed by atoms with E-state index in [0.717, 1.165) is 11.3 Å². The van der Waals surface area contributed by atoms with Gasteiger partial charge in [0.15, 0.2) is 0 Å². The molecule has 1 amide bonds. The lowest BCUT2D eigenvalue weighted by Gasteiger charge is -2.08. The quantitative estimate of drug-likeness (QED) is 0.618. The van der Waals surface area contributed by atoms with E-state index in [9.17, 15) is 4.79 Å². The number of nitrogens with zero attached hydrogens (tertiary/aromatic N) is 3. The lowest BCUT2D eigenvalue weighted by molar-refractivity contribution is 0.102. The van der Waals surface area contributed by atoms with Crippen LogP contribution in [-0.4, -0.2) is 20.7 Å². The van der Waals surface area contributed by atoms with Crippen LogP contribution in [0.5, 0.6) is 0 Å². The van der Waals surface area contributed by atoms with Crippen LogP contribution in [0.15, 0.2) is 83.9 Å². The number of rotatable bonds is 4. The van der Waals surface area contributed by atoms with Gasteiger partial charge in [-0.2, -0.15) is 5.10 Å². The molecule has 6 heteroatoms. The standard InChI is InChI=1S/C19H14N4O2/c24-19(14-5-4-9-20-12-14)21-18-11-17(15-8-10-25-13-15)22-23(18)16-6-2-1-3-7-16/h1-13H,(H,21,24). The summed E-state index contributed by atoms with van der Waals surface area (Å²) in [6.45, 7) is 0. The van der Waals surface area contributed by atoms with E-state index in [-0.39, 0.29) is 5.91 Å². The molecule has 6 nitrogen and oxygen atoms in total. The van der Waals surface area contributed by atoms with Crippen LogP contribution >= 0.6 is 0 Å². The maximum atomic E-state index is 12.5. The van der Waals surface area contributed by atoms with E-state index in [1.54, 1.807) is 35.5 Å². The molecule has 0 aliphatic heterocycles. The zero-order valence-electron chi connectivity index (χ0n) is 13.2. The van der Waals surface area contributed by atoms with Crippen molar-refractivity contribution >= 4 is 11.7 Å². The fourth-order valence-electron chi connectivity index (χ4n) is 2.47. The molecule has 1 N–H and O–H groups in total. The van der Waals surface area contributed by atoms with Gasteiger partial charge < -0.3 is 9.73 Å². The largest absolute Gasteiger partial charge is 0.472 e. The van der Waals surface area contributed by atoms with Crippen molar-refractivity contribution in [1.29, 1.82) is 0 Å². The van der Waals surface area contributed by atoms with Crippen LogP contribution < -0.4 is 5.32 Å². The Kier molecular flexibility index (Phi) is 3.84. The van der Waals surface area contributed by atoms with Gasteiger partial charge in [-0.3, -0.25) is 9.78 Å². The Labute approximate surface area is 143 Å². The molecular weight excluding hydrogens is 316 g/mol. The first-order chi connectivity index (χ1) is 12.3. The van der Waals surface area contributed by atoms with Crippen LogP contribution in [0.4, 0.5) is 5.82 Å². The molecule has 0 aliphatic carbocycles. The van der Waals surface area contributed by atoms with E-state index in [1.807, 2.05) is 42.5 Å². The molecule has 0 saturated carbocycles. The van der Waals surface area contributed by atoms with Gasteiger partial charge in [0.2, 0.25) is 0 Å². The maximum absolute atomic E-state index is 12.5. The predicted molar refractivity (Wildman–Crippen MR) is 93.5 cm³/mol. The highest BCUT2D eigenvalue weighted by Crippen LogP contribution is 2.25. The summed E-state index contributed by atoms with van der Waals surface area (Å²) in [6, 6.07) is 16.7. The van der Waals surface area contributed by atoms with Crippen molar-refractivity contribution in [3.05, 3.63) is 85.1 Å². The second-order valence-corrected chi connectivity index (χ2v) is 5.37. The molecule has 0 radical (unpaired) electrons. The first-order valence-corrected chi connectivity index (χ1v) is 7.71. The molecule has 4 rings (SSSR count). The number of anilines is 1. The van der Waals surface area contributed by atoms with Gasteiger partial charge in [-0.05, 0) is 30.3 Å². The second kappa shape index (κ2) is 6.45. The van der Waals surface area contributed by atoms with E-state index in [2.05, 4.69) is 15.4 Å². The van der Waals surface area contributed by atoms with Crippen LogP contribution in [0.3, 0.4) is 0 Å². The van der Waals surface area contributed by atoms with Gasteiger partial charge in [0, 0.05) is 24.0 Å². The Bertz CT molecular complexity index is 977. The number of aromatic nitrogens is 3. The van der Waals surface area contributed by atoms with Gasteiger partial charge in [0.05, 0.1) is 29.5 Å². The minimum absolute atomic E-state index is 0.246. The van der Waals surface area contributed by atoms with Crippen molar-refractivity contribution in [3.8, 4) is 16.9 Å². The van der Waals surface area contributed by atoms with E-state index < -0.39 is 0 Å². The third kappa shape index (κ3) is 3.05. The highest BCUT2D eigenvalue weighted by atomic mass is 16.3. The minimum atomic E-state index is -0.246. The van der Waals surface area contributed by atoms with Crippen LogP contribution in [-0.2, 0) is 0 Å². The average molecular weight is 330 g/mol. The van der Waals surface area contributed by atoms with Crippen molar-refractivity contribution in [3.63, 3.8) is 0 Å². The molecule has 4 aromatic rings. The molecule has 0 bridgehead atoms. The molecule has 0 unspecified atom stereocenters. The number of pyridine rings is 1. The zero-order chi connectivity index (χ0) is 17.1. The molecular formula is C19H14N4O2. The number of nitrogens with one attached hydrogen (secondary N) is 1. The lowest BCUT2D eigenvalue weighted by Crippen LogP contribution is -2.15. The summed E-state index contributed by atoms with van der Waals surface area (Å²) >= 11 is 0. The Balaban J connectivity index is 1.74. The van der Waals surface area contributed by atoms with Gasteiger partial charge in [-0.15, -0.1) is 0 Å². The lowest BCUT2D eigenvalue weighted by atomic mass is 10.2. The summed E-state index contributed by atoms with van der Waals surface area (Å²) < 4.78 is 6.82. The molecule has 0 fully saturated rings. The van der Waals surface area contributed by atoms with Crippen molar-refractivity contribution in [2.45, 2.75) is 0 Å². The van der Waals surface area contributed by atoms with Gasteiger partial charge in [-0.1, -0.05) is 18.2 Å². The van der Waals surface area contributed by atoms with Crippen LogP contribution in [0.25, 0.3) is 16.9 Å². The molecule has 3 aromatic heterocycles. The topological polar surface area (TPSA) is 73.0 Å². The smallest absolute Gasteiger partial charge is 0.258 e. The van der Waals surface area contributed by atoms with E-state index >= 15 is 0 Å². The molecule has 0 atom stereocenters. The summed E-state index contributed by atoms with van der Waals surface area (Å²) in [7, 11) is 0. The molecule has 0 aliphatic rings. The number of hydrogen-bond acceptors (Lipinski definition) is 4. The van der Waals surface area contributed by atoms with Crippen LogP contribution in [0, 0.1) is 0 Å². The summed E-state index contributed by atoms with van der Waals surface area (Å²) in [4.78, 5) is 16.5. The second-order valence-electron chi connectivity index (χ2n) is 5.37. The number of benzene rings is 1. The van der Waals surface area contributed by atoms with Gasteiger partial charge >= 0.3 is 0 Å². The highest BCUT2D eigenvalue weighted by Gasteiger charge is 2.15. The number of para-hydroxylation sites is 1. The molecule has 0 spiro atoms. The van der Waals surface area contributed by atoms with Crippen molar-refractivity contribution < 1.29 is 9.21 Å². The number of hydrogen-bond donors (Lipinski definition) is 1. The van der Waals surface area contributed by atoms with Crippen LogP contribution in [0.1, 0.15) is 10.4 Å². The number of carbonyl (C=O) groups excluding carboxylic acids is 1. The molecule has 3 heterocycles. The van der Waals surface area contributed by atoms with Crippen LogP contribution in [0.2, 0.25) is 0 Å². The Morgan fingerprint density at radius 2 is 1.96 bits per heavy atom. The van der Waals surface area contributed by atoms with Crippen molar-refractivity contribution in [1.82, 2.24) is 14.8 Å². The van der Waals surface area contributed by atoms with Crippen molar-refractivity contribution in [2.75, 3.05) is 5.32 Å². The summed E-state index contributed by atoms with van der Waals surface area (Å²) in [6.07, 6.45) is 6.35. The minimum Gasteiger partial charge on any atom is -0.472 e. The van der Waals surface area contributed by atoms with Crippen molar-refractivity contribution in [2.24, 2.45) is 0 Å². The van der Waals surface area contributed by atoms with E-state index in [4.69, 9.17) is 4.42 Å². The highest BCUT2D eigenvalue weighted by molar-refractivity contribution is 6.03. The fraction of sp³-hybridized carbons (Fsp3) is 0. The third-order valence-corrected chi connectivity index (χ3v) is 3.69. The number of amides is 1. The van der Waals surface area contributed by atoms with Gasteiger partial charge in [-0.25, -0.2) is 4.68 Å². The normalized spacial score (nSPS) is 10.6. The Morgan fingerprint density at radius 3 is 2.68 bits per heavy atom.